The molecule has 0 unspecified atom stereocenters. The summed E-state index contributed by atoms with van der Waals surface area (Å²) in [5.41, 5.74) is 2.96. The predicted molar refractivity (Wildman–Crippen MR) is 87.3 cm³/mol. The van der Waals surface area contributed by atoms with Crippen molar-refractivity contribution >= 4 is 28.5 Å². The van der Waals surface area contributed by atoms with Crippen LogP contribution >= 0.6 is 0 Å². The molecule has 1 N–H and O–H groups in total. The van der Waals surface area contributed by atoms with Gasteiger partial charge in [0.05, 0.1) is 11.6 Å². The van der Waals surface area contributed by atoms with E-state index in [1.807, 2.05) is 18.2 Å². The molecule has 0 aliphatic heterocycles. The van der Waals surface area contributed by atoms with Crippen LogP contribution in [-0.2, 0) is 4.79 Å². The molecular formula is C18H13N3O2. The highest BCUT2D eigenvalue weighted by molar-refractivity contribution is 6.01. The van der Waals surface area contributed by atoms with Gasteiger partial charge in [-0.1, -0.05) is 6.07 Å². The molecule has 0 atom stereocenters. The zero-order chi connectivity index (χ0) is 16.2. The van der Waals surface area contributed by atoms with Gasteiger partial charge in [0.25, 0.3) is 0 Å². The predicted octanol–water partition coefficient (Wildman–Crippen LogP) is 3.55. The molecule has 1 aromatic carbocycles. The summed E-state index contributed by atoms with van der Waals surface area (Å²) in [6, 6.07) is 11.2. The quantitative estimate of drug-likeness (QED) is 0.456. The molecule has 5 nitrogen and oxygen atoms in total. The molecule has 0 spiro atoms. The third-order valence-electron chi connectivity index (χ3n) is 3.32. The molecule has 0 bridgehead atoms. The smallest absolute Gasteiger partial charge is 0.308 e. The summed E-state index contributed by atoms with van der Waals surface area (Å²) in [4.78, 5) is 18.3. The highest BCUT2D eigenvalue weighted by Gasteiger charge is 2.10. The van der Waals surface area contributed by atoms with Crippen LogP contribution in [0.3, 0.4) is 0 Å². The van der Waals surface area contributed by atoms with Crippen molar-refractivity contribution in [3.63, 3.8) is 0 Å². The molecule has 0 saturated heterocycles. The van der Waals surface area contributed by atoms with E-state index < -0.39 is 0 Å². The zero-order valence-electron chi connectivity index (χ0n) is 12.4. The van der Waals surface area contributed by atoms with Crippen molar-refractivity contribution < 1.29 is 9.53 Å². The van der Waals surface area contributed by atoms with Crippen LogP contribution in [-0.4, -0.2) is 15.9 Å². The lowest BCUT2D eigenvalue weighted by molar-refractivity contribution is -0.131. The van der Waals surface area contributed by atoms with E-state index in [0.717, 1.165) is 22.0 Å². The Labute approximate surface area is 132 Å². The second-order valence-corrected chi connectivity index (χ2v) is 4.96. The van der Waals surface area contributed by atoms with Crippen molar-refractivity contribution in [2.45, 2.75) is 6.92 Å². The lowest BCUT2D eigenvalue weighted by Gasteiger charge is -2.02. The summed E-state index contributed by atoms with van der Waals surface area (Å²) in [5.74, 6) is 0.0670. The second kappa shape index (κ2) is 6.16. The third-order valence-corrected chi connectivity index (χ3v) is 3.32. The van der Waals surface area contributed by atoms with Gasteiger partial charge in [-0.2, -0.15) is 5.26 Å². The third kappa shape index (κ3) is 3.11. The summed E-state index contributed by atoms with van der Waals surface area (Å²) in [6.45, 7) is 1.35. The minimum atomic E-state index is -0.382. The fourth-order valence-corrected chi connectivity index (χ4v) is 2.35. The number of H-pyrrole nitrogens is 1. The van der Waals surface area contributed by atoms with E-state index in [4.69, 9.17) is 4.74 Å². The maximum absolute atomic E-state index is 11.1. The summed E-state index contributed by atoms with van der Waals surface area (Å²) >= 11 is 0. The molecule has 5 heteroatoms. The molecule has 3 rings (SSSR count). The van der Waals surface area contributed by atoms with E-state index in [-0.39, 0.29) is 5.97 Å². The van der Waals surface area contributed by atoms with Crippen LogP contribution in [0.2, 0.25) is 0 Å². The lowest BCUT2D eigenvalue weighted by atomic mass is 10.0. The van der Waals surface area contributed by atoms with E-state index >= 15 is 0 Å². The number of hydrogen-bond donors (Lipinski definition) is 1. The second-order valence-electron chi connectivity index (χ2n) is 4.96. The number of carbonyl (C=O) groups excluding carboxylic acids is 1. The number of nitrogens with zero attached hydrogens (tertiary/aromatic N) is 2. The first-order valence-corrected chi connectivity index (χ1v) is 6.99. The van der Waals surface area contributed by atoms with E-state index in [1.165, 1.54) is 6.92 Å². The average Bonchev–Trinajstić information content (AvgIpc) is 2.96. The molecule has 0 aliphatic carbocycles. The summed E-state index contributed by atoms with van der Waals surface area (Å²) in [6.07, 6.45) is 6.92. The Balaban J connectivity index is 2.09. The Bertz CT molecular complexity index is 934. The maximum Gasteiger partial charge on any atom is 0.308 e. The van der Waals surface area contributed by atoms with Crippen molar-refractivity contribution in [2.75, 3.05) is 0 Å². The first kappa shape index (κ1) is 14.5. The number of hydrogen-bond acceptors (Lipinski definition) is 4. The van der Waals surface area contributed by atoms with Crippen molar-refractivity contribution in [3.8, 4) is 11.8 Å². The first-order valence-electron chi connectivity index (χ1n) is 6.99. The lowest BCUT2D eigenvalue weighted by Crippen LogP contribution is -2.00. The monoisotopic (exact) mass is 303 g/mol. The van der Waals surface area contributed by atoms with Crippen LogP contribution in [0.4, 0.5) is 0 Å². The number of nitrogens with one attached hydrogen (secondary N) is 1. The number of carbonyl (C=O) groups is 1. The van der Waals surface area contributed by atoms with Gasteiger partial charge in [0, 0.05) is 42.0 Å². The zero-order valence-corrected chi connectivity index (χ0v) is 12.4. The summed E-state index contributed by atoms with van der Waals surface area (Å²) in [5, 5.41) is 10.3. The Morgan fingerprint density at radius 2 is 2.26 bits per heavy atom. The van der Waals surface area contributed by atoms with Crippen LogP contribution in [0.5, 0.6) is 5.75 Å². The minimum absolute atomic E-state index is 0.382. The fourth-order valence-electron chi connectivity index (χ4n) is 2.35. The molecule has 2 aromatic heterocycles. The molecule has 0 radical (unpaired) electrons. The van der Waals surface area contributed by atoms with E-state index in [9.17, 15) is 10.1 Å². The van der Waals surface area contributed by atoms with Crippen molar-refractivity contribution in [2.24, 2.45) is 0 Å². The van der Waals surface area contributed by atoms with Gasteiger partial charge in [0.1, 0.15) is 5.75 Å². The van der Waals surface area contributed by atoms with Crippen LogP contribution in [0.15, 0.2) is 48.9 Å². The molecule has 0 aliphatic rings. The van der Waals surface area contributed by atoms with Gasteiger partial charge in [-0.15, -0.1) is 0 Å². The number of aromatic amines is 1. The molecule has 3 aromatic rings. The molecular weight excluding hydrogens is 290 g/mol. The number of rotatable bonds is 3. The first-order chi connectivity index (χ1) is 11.2. The Kier molecular flexibility index (Phi) is 3.89. The number of allylic oxidation sites excluding steroid dienone is 1. The largest absolute Gasteiger partial charge is 0.427 e. The SMILES string of the molecule is CC(=O)Oc1ccc2[nH]cc(C(C#N)=Cc3cccnc3)c2c1. The molecule has 23 heavy (non-hydrogen) atoms. The van der Waals surface area contributed by atoms with Crippen LogP contribution in [0.25, 0.3) is 22.6 Å². The number of aromatic nitrogens is 2. The van der Waals surface area contributed by atoms with Gasteiger partial charge < -0.3 is 9.72 Å². The number of ether oxygens (including phenoxy) is 1. The number of fused-ring (bicyclic) bond motifs is 1. The van der Waals surface area contributed by atoms with Crippen molar-refractivity contribution in [1.82, 2.24) is 9.97 Å². The van der Waals surface area contributed by atoms with Gasteiger partial charge >= 0.3 is 5.97 Å². The summed E-state index contributed by atoms with van der Waals surface area (Å²) < 4.78 is 5.11. The topological polar surface area (TPSA) is 78.8 Å². The molecule has 112 valence electrons. The standard InChI is InChI=1S/C18H13N3O2/c1-12(22)23-15-4-5-18-16(8-15)17(11-21-18)14(9-19)7-13-3-2-6-20-10-13/h2-8,10-11,21H,1H3. The normalized spacial score (nSPS) is 11.2. The average molecular weight is 303 g/mol. The minimum Gasteiger partial charge on any atom is -0.427 e. The van der Waals surface area contributed by atoms with Gasteiger partial charge in [0.2, 0.25) is 0 Å². The van der Waals surface area contributed by atoms with Gasteiger partial charge in [0.15, 0.2) is 0 Å². The van der Waals surface area contributed by atoms with Crippen LogP contribution in [0, 0.1) is 11.3 Å². The number of nitriles is 1. The molecule has 0 saturated carbocycles. The molecule has 0 fully saturated rings. The Morgan fingerprint density at radius 1 is 1.39 bits per heavy atom. The van der Waals surface area contributed by atoms with Gasteiger partial charge in [-0.25, -0.2) is 0 Å². The van der Waals surface area contributed by atoms with Gasteiger partial charge in [-0.05, 0) is 35.9 Å². The summed E-state index contributed by atoms with van der Waals surface area (Å²) in [7, 11) is 0. The molecule has 0 amide bonds. The number of pyridine rings is 1. The van der Waals surface area contributed by atoms with E-state index in [0.29, 0.717) is 11.3 Å². The highest BCUT2D eigenvalue weighted by atomic mass is 16.5. The highest BCUT2D eigenvalue weighted by Crippen LogP contribution is 2.29. The van der Waals surface area contributed by atoms with E-state index in [1.54, 1.807) is 36.8 Å². The Morgan fingerprint density at radius 3 is 2.96 bits per heavy atom. The van der Waals surface area contributed by atoms with Crippen LogP contribution < -0.4 is 4.74 Å². The van der Waals surface area contributed by atoms with Crippen molar-refractivity contribution in [3.05, 3.63) is 60.0 Å². The Hall–Kier alpha value is -3.39. The number of benzene rings is 1. The van der Waals surface area contributed by atoms with Crippen LogP contribution in [0.1, 0.15) is 18.1 Å². The fraction of sp³-hybridized carbons (Fsp3) is 0.0556. The van der Waals surface area contributed by atoms with E-state index in [2.05, 4.69) is 16.0 Å². The number of esters is 1. The van der Waals surface area contributed by atoms with Gasteiger partial charge in [-0.3, -0.25) is 9.78 Å². The van der Waals surface area contributed by atoms with Crippen molar-refractivity contribution in [1.29, 1.82) is 5.26 Å². The molecule has 2 heterocycles. The maximum atomic E-state index is 11.1.